The van der Waals surface area contributed by atoms with Gasteiger partial charge >= 0.3 is 17.9 Å². The van der Waals surface area contributed by atoms with Gasteiger partial charge in [-0.2, -0.15) is 0 Å². The summed E-state index contributed by atoms with van der Waals surface area (Å²) in [6, 6.07) is 5.37. The van der Waals surface area contributed by atoms with E-state index in [0.717, 1.165) is 0 Å². The number of ketones is 1. The van der Waals surface area contributed by atoms with E-state index in [-0.39, 0.29) is 48.4 Å². The highest BCUT2D eigenvalue weighted by molar-refractivity contribution is 6.03. The van der Waals surface area contributed by atoms with Crippen LogP contribution in [0.4, 0.5) is 0 Å². The fourth-order valence-corrected chi connectivity index (χ4v) is 2.90. The lowest BCUT2D eigenvalue weighted by molar-refractivity contribution is -0.147. The highest BCUT2D eigenvalue weighted by Crippen LogP contribution is 2.09. The maximum Gasteiger partial charge on any atom is 0.331 e. The first kappa shape index (κ1) is 51.8. The van der Waals surface area contributed by atoms with Crippen LogP contribution in [-0.4, -0.2) is 91.5 Å². The highest BCUT2D eigenvalue weighted by Gasteiger charge is 2.31. The molecule has 0 aromatic heterocycles. The number of aliphatic hydroxyl groups excluding tert-OH is 2. The molecule has 0 heterocycles. The molecular weight excluding hydrogens is 633 g/mol. The molecule has 0 aliphatic carbocycles. The average molecular weight is 687 g/mol. The molecule has 0 radical (unpaired) electrons. The number of methoxy groups -OCH3 is 3. The second-order valence-electron chi connectivity index (χ2n) is 9.92. The van der Waals surface area contributed by atoms with E-state index in [1.54, 1.807) is 71.9 Å². The summed E-state index contributed by atoms with van der Waals surface area (Å²) in [6.45, 7) is 14.5. The van der Waals surface area contributed by atoms with Crippen molar-refractivity contribution in [3.05, 3.63) is 35.9 Å². The molecule has 0 saturated carbocycles. The Morgan fingerprint density at radius 3 is 1.42 bits per heavy atom. The van der Waals surface area contributed by atoms with Gasteiger partial charge in [0.25, 0.3) is 5.91 Å². The number of carbonyl (C=O) groups is 5. The van der Waals surface area contributed by atoms with Gasteiger partial charge in [0.2, 0.25) is 0 Å². The van der Waals surface area contributed by atoms with E-state index >= 15 is 0 Å². The van der Waals surface area contributed by atoms with Crippen LogP contribution in [0.15, 0.2) is 30.3 Å². The summed E-state index contributed by atoms with van der Waals surface area (Å²) < 4.78 is 13.3. The molecule has 5 atom stereocenters. The summed E-state index contributed by atoms with van der Waals surface area (Å²) in [5, 5.41) is 21.7. The third-order valence-electron chi connectivity index (χ3n) is 5.66. The number of esters is 3. The zero-order valence-corrected chi connectivity index (χ0v) is 29.6. The molecule has 15 heteroatoms. The fraction of sp³-hybridized carbons (Fsp3) is 0.633. The molecule has 0 saturated heterocycles. The minimum atomic E-state index is -1.13. The number of ether oxygens (including phenoxy) is 3. The Balaban J connectivity index is -0.000000179. The second kappa shape index (κ2) is 28.6. The number of benzene rings is 1. The number of amides is 1. The quantitative estimate of drug-likeness (QED) is 0.0843. The largest absolute Gasteiger partial charge is 1.00 e. The first-order valence-electron chi connectivity index (χ1n) is 14.0. The molecule has 13 nitrogen and oxygen atoms in total. The standard InChI is InChI=1S/C14H19NO4.C7H15NO3.C7H13NO3.C2H6.2ClH/c1-9(2)12(16)11(14(18)19-3)15-13(17)10-7-5-4-6-8-10;2*1-4(2)6(9)5(8)7(10)11-3;1-2;;/h4-9,11-12,16H,1-3H3,(H,15,17);4-6,9H,8H2,1-3H3;4-5H,8H2,1-3H3;1-2H3;2*1H/p-2/t11-,12-;5-,6-;;;;/m00..../s1. The third kappa shape index (κ3) is 20.8. The molecule has 45 heavy (non-hydrogen) atoms. The van der Waals surface area contributed by atoms with Crippen LogP contribution in [0, 0.1) is 17.8 Å². The maximum atomic E-state index is 12.0. The van der Waals surface area contributed by atoms with Gasteiger partial charge in [-0.1, -0.05) is 73.6 Å². The molecule has 264 valence electrons. The molecule has 0 spiro atoms. The van der Waals surface area contributed by atoms with Crippen molar-refractivity contribution >= 4 is 29.6 Å². The van der Waals surface area contributed by atoms with Gasteiger partial charge in [0.05, 0.1) is 33.5 Å². The first-order chi connectivity index (χ1) is 20.0. The van der Waals surface area contributed by atoms with E-state index in [9.17, 15) is 34.2 Å². The first-order valence-corrected chi connectivity index (χ1v) is 14.0. The van der Waals surface area contributed by atoms with Gasteiger partial charge in [0.1, 0.15) is 6.04 Å². The van der Waals surface area contributed by atoms with Crippen molar-refractivity contribution in [2.24, 2.45) is 29.2 Å². The third-order valence-corrected chi connectivity index (χ3v) is 5.66. The Morgan fingerprint density at radius 1 is 0.689 bits per heavy atom. The lowest BCUT2D eigenvalue weighted by Gasteiger charge is -2.24. The number of aliphatic hydroxyl groups is 2. The molecule has 0 fully saturated rings. The number of hydrogen-bond donors (Lipinski definition) is 5. The zero-order chi connectivity index (χ0) is 34.4. The Morgan fingerprint density at radius 2 is 1.09 bits per heavy atom. The molecule has 1 unspecified atom stereocenters. The predicted molar refractivity (Wildman–Crippen MR) is 163 cm³/mol. The van der Waals surface area contributed by atoms with Gasteiger partial charge in [0, 0.05) is 11.5 Å². The molecular formula is C30H53Cl2N3O10-2. The summed E-state index contributed by atoms with van der Waals surface area (Å²) in [5.41, 5.74) is 11.0. The summed E-state index contributed by atoms with van der Waals surface area (Å²) in [6.07, 6.45) is -1.83. The Labute approximate surface area is 279 Å². The lowest BCUT2D eigenvalue weighted by Crippen LogP contribution is -3.00. The topological polar surface area (TPSA) is 218 Å². The molecule has 0 bridgehead atoms. The van der Waals surface area contributed by atoms with E-state index in [1.807, 2.05) is 13.8 Å². The van der Waals surface area contributed by atoms with Gasteiger partial charge in [-0.05, 0) is 24.0 Å². The average Bonchev–Trinajstić information content (AvgIpc) is 3.02. The Kier molecular flexibility index (Phi) is 32.9. The normalized spacial score (nSPS) is 13.0. The lowest BCUT2D eigenvalue weighted by atomic mass is 9.99. The van der Waals surface area contributed by atoms with Gasteiger partial charge in [-0.3, -0.25) is 14.4 Å². The second-order valence-corrected chi connectivity index (χ2v) is 9.92. The number of hydrogen-bond acceptors (Lipinski definition) is 12. The van der Waals surface area contributed by atoms with Crippen LogP contribution in [0.3, 0.4) is 0 Å². The number of Topliss-reactive ketones (excluding diaryl/α,β-unsaturated/α-hetero) is 1. The van der Waals surface area contributed by atoms with E-state index in [2.05, 4.69) is 19.5 Å². The summed E-state index contributed by atoms with van der Waals surface area (Å²) in [5.74, 6) is -3.08. The van der Waals surface area contributed by atoms with Crippen LogP contribution in [0.5, 0.6) is 0 Å². The molecule has 1 aromatic rings. The van der Waals surface area contributed by atoms with Crippen molar-refractivity contribution in [3.8, 4) is 0 Å². The molecule has 1 aromatic carbocycles. The van der Waals surface area contributed by atoms with Crippen LogP contribution in [0.2, 0.25) is 0 Å². The fourth-order valence-electron chi connectivity index (χ4n) is 2.90. The van der Waals surface area contributed by atoms with Gasteiger partial charge < -0.3 is 66.0 Å². The number of carbonyl (C=O) groups excluding carboxylic acids is 5. The summed E-state index contributed by atoms with van der Waals surface area (Å²) >= 11 is 0. The molecule has 0 aliphatic heterocycles. The van der Waals surface area contributed by atoms with Crippen molar-refractivity contribution in [3.63, 3.8) is 0 Å². The van der Waals surface area contributed by atoms with Crippen molar-refractivity contribution < 1.29 is 73.2 Å². The van der Waals surface area contributed by atoms with Crippen molar-refractivity contribution in [1.82, 2.24) is 5.32 Å². The minimum absolute atomic E-state index is 0. The zero-order valence-electron chi connectivity index (χ0n) is 28.1. The summed E-state index contributed by atoms with van der Waals surface area (Å²) in [7, 11) is 3.67. The minimum Gasteiger partial charge on any atom is -1.00 e. The smallest absolute Gasteiger partial charge is 0.331 e. The SMILES string of the molecule is CC.COC(=O)C(N)C(=O)C(C)C.COC(=O)[C@@H](N)[C@@H](O)C(C)C.COC(=O)[C@@H](NC(=O)c1ccccc1)[C@@H](O)C(C)C.[Cl-].[Cl-]. The number of halogens is 2. The Bertz CT molecular complexity index is 967. The van der Waals surface area contributed by atoms with Crippen LogP contribution < -0.4 is 41.6 Å². The van der Waals surface area contributed by atoms with Gasteiger partial charge in [-0.25, -0.2) is 9.59 Å². The van der Waals surface area contributed by atoms with E-state index in [1.165, 1.54) is 21.3 Å². The van der Waals surface area contributed by atoms with Crippen LogP contribution in [0.25, 0.3) is 0 Å². The molecule has 1 amide bonds. The monoisotopic (exact) mass is 685 g/mol. The van der Waals surface area contributed by atoms with Gasteiger partial charge in [-0.15, -0.1) is 0 Å². The van der Waals surface area contributed by atoms with Crippen molar-refractivity contribution in [1.29, 1.82) is 0 Å². The Hall–Kier alpha value is -2.81. The molecule has 7 N–H and O–H groups in total. The van der Waals surface area contributed by atoms with Gasteiger partial charge in [0.15, 0.2) is 17.9 Å². The number of nitrogens with one attached hydrogen (secondary N) is 1. The maximum absolute atomic E-state index is 12.0. The molecule has 1 rings (SSSR count). The van der Waals surface area contributed by atoms with E-state index < -0.39 is 54.1 Å². The van der Waals surface area contributed by atoms with Crippen LogP contribution in [0.1, 0.15) is 65.7 Å². The van der Waals surface area contributed by atoms with E-state index in [4.69, 9.17) is 11.5 Å². The van der Waals surface area contributed by atoms with Crippen molar-refractivity contribution in [2.45, 2.75) is 85.7 Å². The van der Waals surface area contributed by atoms with E-state index in [0.29, 0.717) is 5.56 Å². The van der Waals surface area contributed by atoms with Crippen molar-refractivity contribution in [2.75, 3.05) is 21.3 Å². The predicted octanol–water partition coefficient (Wildman–Crippen LogP) is -4.78. The van der Waals surface area contributed by atoms with Crippen LogP contribution in [-0.2, 0) is 33.4 Å². The number of rotatable bonds is 11. The van der Waals surface area contributed by atoms with Crippen LogP contribution >= 0.6 is 0 Å². The highest BCUT2D eigenvalue weighted by atomic mass is 35.5. The number of nitrogens with two attached hydrogens (primary N) is 2. The summed E-state index contributed by atoms with van der Waals surface area (Å²) in [4.78, 5) is 56.1. The molecule has 0 aliphatic rings.